The number of carbonyl (C=O) groups is 4. The van der Waals surface area contributed by atoms with Crippen molar-refractivity contribution in [2.45, 2.75) is 361 Å². The summed E-state index contributed by atoms with van der Waals surface area (Å²) in [7, 11) is 0. The summed E-state index contributed by atoms with van der Waals surface area (Å²) in [5.74, 6) is -1.82. The molecule has 0 bridgehead atoms. The van der Waals surface area contributed by atoms with Crippen LogP contribution < -0.4 is 10.2 Å². The van der Waals surface area contributed by atoms with Gasteiger partial charge in [-0.25, -0.2) is 0 Å². The number of hydrogen-bond donors (Lipinski definition) is 0. The van der Waals surface area contributed by atoms with Crippen LogP contribution in [0, 0.1) is 0 Å². The summed E-state index contributed by atoms with van der Waals surface area (Å²) in [6, 6.07) is 0. The van der Waals surface area contributed by atoms with Crippen LogP contribution in [0.2, 0.25) is 0 Å². The predicted octanol–water partition coefficient (Wildman–Crippen LogP) is 16.9. The van der Waals surface area contributed by atoms with E-state index in [0.29, 0.717) is 12.8 Å². The Hall–Kier alpha value is -1.50. The molecule has 0 aromatic rings. The molecule has 0 rings (SSSR count). The molecular weight excluding hydrogens is 914 g/mol. The number of carboxylic acids is 2. The Morgan fingerprint density at radius 1 is 0.275 bits per heavy atom. The van der Waals surface area contributed by atoms with E-state index in [1.54, 1.807) is 0 Å². The number of aliphatic carboxylic acids is 2. The van der Waals surface area contributed by atoms with Crippen LogP contribution in [-0.2, 0) is 48.1 Å². The van der Waals surface area contributed by atoms with Gasteiger partial charge in [0.2, 0.25) is 0 Å². The Balaban J connectivity index is -0.00000124. The van der Waals surface area contributed by atoms with Gasteiger partial charge in [-0.05, 0) is 77.0 Å². The first-order chi connectivity index (χ1) is 33.2. The molecule has 0 fully saturated rings. The number of hydrogen-bond acceptors (Lipinski definition) is 8. The molecular formula is C60H114O8Zn. The molecule has 0 saturated heterocycles. The summed E-state index contributed by atoms with van der Waals surface area (Å²) >= 11 is 0. The molecule has 69 heavy (non-hydrogen) atoms. The van der Waals surface area contributed by atoms with Crippen molar-refractivity contribution in [1.29, 1.82) is 0 Å². The van der Waals surface area contributed by atoms with Crippen molar-refractivity contribution in [1.82, 2.24) is 0 Å². The van der Waals surface area contributed by atoms with Crippen molar-refractivity contribution in [3.8, 4) is 0 Å². The van der Waals surface area contributed by atoms with E-state index < -0.39 is 11.9 Å². The van der Waals surface area contributed by atoms with E-state index in [2.05, 4.69) is 27.7 Å². The zero-order valence-corrected chi connectivity index (χ0v) is 49.5. The third-order valence-electron chi connectivity index (χ3n) is 13.6. The fraction of sp³-hybridized carbons (Fsp3) is 0.933. The Labute approximate surface area is 441 Å². The summed E-state index contributed by atoms with van der Waals surface area (Å²) in [5.41, 5.74) is 0. The molecule has 9 heteroatoms. The molecule has 0 aliphatic rings. The molecule has 0 aromatic heterocycles. The van der Waals surface area contributed by atoms with E-state index in [1.807, 2.05) is 0 Å². The van der Waals surface area contributed by atoms with Gasteiger partial charge in [0.1, 0.15) is 12.2 Å². The van der Waals surface area contributed by atoms with E-state index in [-0.39, 0.29) is 56.5 Å². The molecule has 0 N–H and O–H groups in total. The summed E-state index contributed by atoms with van der Waals surface area (Å²) in [5, 5.41) is 20.8. The molecule has 0 saturated carbocycles. The summed E-state index contributed by atoms with van der Waals surface area (Å²) in [6.45, 7) is 8.91. The third kappa shape index (κ3) is 62.6. The number of rotatable bonds is 54. The van der Waals surface area contributed by atoms with E-state index in [0.717, 1.165) is 128 Å². The zero-order valence-electron chi connectivity index (χ0n) is 46.5. The predicted molar refractivity (Wildman–Crippen MR) is 283 cm³/mol. The topological polar surface area (TPSA) is 133 Å². The van der Waals surface area contributed by atoms with Gasteiger partial charge in [-0.3, -0.25) is 9.59 Å². The van der Waals surface area contributed by atoms with Crippen LogP contribution in [0.15, 0.2) is 0 Å². The maximum atomic E-state index is 12.3. The van der Waals surface area contributed by atoms with Crippen molar-refractivity contribution in [3.63, 3.8) is 0 Å². The first-order valence-electron chi connectivity index (χ1n) is 30.0. The number of carbonyl (C=O) groups excluding carboxylic acids is 4. The van der Waals surface area contributed by atoms with Gasteiger partial charge in [-0.2, -0.15) is 0 Å². The smallest absolute Gasteiger partial charge is 0.550 e. The minimum Gasteiger partial charge on any atom is -0.550 e. The number of carboxylic acid groups (broad SMARTS) is 2. The second-order valence-corrected chi connectivity index (χ2v) is 20.6. The molecule has 0 spiro atoms. The fourth-order valence-corrected chi connectivity index (χ4v) is 9.15. The van der Waals surface area contributed by atoms with Gasteiger partial charge in [0.05, 0.1) is 0 Å². The summed E-state index contributed by atoms with van der Waals surface area (Å²) < 4.78 is 11.7. The second-order valence-electron chi connectivity index (χ2n) is 20.6. The average molecular weight is 1030 g/mol. The molecule has 0 aliphatic heterocycles. The fourth-order valence-electron chi connectivity index (χ4n) is 9.15. The number of esters is 2. The van der Waals surface area contributed by atoms with Crippen molar-refractivity contribution in [2.75, 3.05) is 0 Å². The van der Waals surface area contributed by atoms with Crippen LogP contribution in [0.25, 0.3) is 0 Å². The molecule has 404 valence electrons. The quantitative estimate of drug-likeness (QED) is 0.0334. The number of unbranched alkanes of at least 4 members (excludes halogenated alkanes) is 36. The van der Waals surface area contributed by atoms with Gasteiger partial charge < -0.3 is 29.3 Å². The summed E-state index contributed by atoms with van der Waals surface area (Å²) in [4.78, 5) is 45.4. The molecule has 0 heterocycles. The Morgan fingerprint density at radius 2 is 0.464 bits per heavy atom. The van der Waals surface area contributed by atoms with Crippen molar-refractivity contribution < 1.29 is 58.3 Å². The minimum absolute atomic E-state index is 0. The summed E-state index contributed by atoms with van der Waals surface area (Å²) in [6.07, 6.45) is 56.4. The standard InChI is InChI=1S/2C30H58O4.Zn/c2*1-3-5-7-8-9-12-17-20-23-27-30(33)34-28(24-6-4-2)25-21-18-15-13-10-11-14-16-19-22-26-29(31)32;/h2*28H,3-27H2,1-2H3,(H,31,32);/q;;+2/p-2. The van der Waals surface area contributed by atoms with Gasteiger partial charge in [-0.1, -0.05) is 259 Å². The van der Waals surface area contributed by atoms with Gasteiger partial charge >= 0.3 is 31.4 Å². The van der Waals surface area contributed by atoms with Gasteiger partial charge in [-0.15, -0.1) is 0 Å². The normalized spacial score (nSPS) is 11.9. The van der Waals surface area contributed by atoms with Gasteiger partial charge in [0, 0.05) is 24.8 Å². The molecule has 2 atom stereocenters. The second kappa shape index (κ2) is 60.8. The third-order valence-corrected chi connectivity index (χ3v) is 13.6. The van der Waals surface area contributed by atoms with Crippen molar-refractivity contribution >= 4 is 23.9 Å². The van der Waals surface area contributed by atoms with Gasteiger partial charge in [0.25, 0.3) is 0 Å². The maximum Gasteiger partial charge on any atom is 2.00 e. The maximum absolute atomic E-state index is 12.3. The number of ether oxygens (including phenoxy) is 2. The first-order valence-corrected chi connectivity index (χ1v) is 30.0. The largest absolute Gasteiger partial charge is 2.00 e. The van der Waals surface area contributed by atoms with E-state index in [1.165, 1.54) is 167 Å². The molecule has 2 unspecified atom stereocenters. The van der Waals surface area contributed by atoms with Crippen molar-refractivity contribution in [3.05, 3.63) is 0 Å². The Kier molecular flexibility index (Phi) is 63.2. The van der Waals surface area contributed by atoms with E-state index in [9.17, 15) is 29.4 Å². The van der Waals surface area contributed by atoms with Crippen LogP contribution in [0.5, 0.6) is 0 Å². The van der Waals surface area contributed by atoms with Crippen molar-refractivity contribution in [2.24, 2.45) is 0 Å². The van der Waals surface area contributed by atoms with E-state index in [4.69, 9.17) is 9.47 Å². The van der Waals surface area contributed by atoms with Crippen LogP contribution in [-0.4, -0.2) is 36.1 Å². The van der Waals surface area contributed by atoms with Crippen LogP contribution >= 0.6 is 0 Å². The SMILES string of the molecule is CCCCCCCCCCCC(=O)OC(CCCC)CCCCCCCCCCCCC(=O)[O-].CCCCCCCCCCCC(=O)OC(CCCC)CCCCCCCCCCCCC(=O)[O-].[Zn+2]. The minimum atomic E-state index is -0.925. The van der Waals surface area contributed by atoms with Crippen LogP contribution in [0.1, 0.15) is 349 Å². The molecule has 0 aliphatic carbocycles. The molecule has 0 amide bonds. The van der Waals surface area contributed by atoms with Crippen LogP contribution in [0.3, 0.4) is 0 Å². The van der Waals surface area contributed by atoms with Crippen LogP contribution in [0.4, 0.5) is 0 Å². The molecule has 0 radical (unpaired) electrons. The average Bonchev–Trinajstić information content (AvgIpc) is 3.31. The monoisotopic (exact) mass is 1030 g/mol. The Bertz CT molecular complexity index is 988. The van der Waals surface area contributed by atoms with Gasteiger partial charge in [0.15, 0.2) is 0 Å². The molecule has 8 nitrogen and oxygen atoms in total. The Morgan fingerprint density at radius 3 is 0.696 bits per heavy atom. The van der Waals surface area contributed by atoms with E-state index >= 15 is 0 Å². The zero-order chi connectivity index (χ0) is 50.2. The first kappa shape index (κ1) is 71.8. The molecule has 0 aromatic carbocycles.